The second kappa shape index (κ2) is 5.64. The van der Waals surface area contributed by atoms with Gasteiger partial charge in [-0.3, -0.25) is 0 Å². The van der Waals surface area contributed by atoms with Crippen molar-refractivity contribution < 1.29 is 17.9 Å². The number of hydrogen-bond donors (Lipinski definition) is 1. The summed E-state index contributed by atoms with van der Waals surface area (Å²) in [4.78, 5) is 0. The van der Waals surface area contributed by atoms with Crippen molar-refractivity contribution in [2.24, 2.45) is 5.73 Å². The highest BCUT2D eigenvalue weighted by Crippen LogP contribution is 2.21. The Morgan fingerprint density at radius 2 is 2.00 bits per heavy atom. The molecule has 7 heteroatoms. The molecule has 0 aliphatic rings. The number of halogens is 3. The van der Waals surface area contributed by atoms with Gasteiger partial charge in [0.2, 0.25) is 5.88 Å². The predicted molar refractivity (Wildman–Crippen MR) is 50.7 cm³/mol. The zero-order chi connectivity index (χ0) is 12.0. The number of alkyl halides is 3. The zero-order valence-corrected chi connectivity index (χ0v) is 8.50. The highest BCUT2D eigenvalue weighted by Gasteiger charge is 2.26. The summed E-state index contributed by atoms with van der Waals surface area (Å²) in [5.74, 6) is 0.208. The summed E-state index contributed by atoms with van der Waals surface area (Å²) in [5.41, 5.74) is 5.90. The zero-order valence-electron chi connectivity index (χ0n) is 8.50. The van der Waals surface area contributed by atoms with Crippen LogP contribution in [0.25, 0.3) is 0 Å². The van der Waals surface area contributed by atoms with E-state index >= 15 is 0 Å². The molecule has 0 atom stereocenters. The highest BCUT2D eigenvalue weighted by atomic mass is 19.4. The molecule has 2 N–H and O–H groups in total. The summed E-state index contributed by atoms with van der Waals surface area (Å²) < 4.78 is 40.3. The number of aromatic nitrogens is 2. The lowest BCUT2D eigenvalue weighted by molar-refractivity contribution is -0.136. The summed E-state index contributed by atoms with van der Waals surface area (Å²) in [5, 5.41) is 7.35. The third-order valence-electron chi connectivity index (χ3n) is 1.76. The Hall–Kier alpha value is -1.37. The molecule has 0 amide bonds. The Labute approximate surface area is 90.6 Å². The molecule has 0 aromatic carbocycles. The van der Waals surface area contributed by atoms with E-state index in [4.69, 9.17) is 10.5 Å². The first-order chi connectivity index (χ1) is 7.51. The summed E-state index contributed by atoms with van der Waals surface area (Å²) in [6.07, 6.45) is -5.09. The van der Waals surface area contributed by atoms with Gasteiger partial charge in [0, 0.05) is 19.0 Å². The van der Waals surface area contributed by atoms with Crippen LogP contribution < -0.4 is 10.5 Å². The summed E-state index contributed by atoms with van der Waals surface area (Å²) in [7, 11) is 0. The monoisotopic (exact) mass is 235 g/mol. The second-order valence-electron chi connectivity index (χ2n) is 3.13. The molecule has 4 nitrogen and oxygen atoms in total. The number of ether oxygens (including phenoxy) is 1. The minimum Gasteiger partial charge on any atom is -0.477 e. The molecule has 1 rings (SSSR count). The average molecular weight is 235 g/mol. The molecule has 0 fully saturated rings. The SMILES string of the molecule is NCc1ccc(OCCCC(F)(F)F)nn1. The van der Waals surface area contributed by atoms with Crippen molar-refractivity contribution in [2.45, 2.75) is 25.6 Å². The van der Waals surface area contributed by atoms with Crippen molar-refractivity contribution in [3.8, 4) is 5.88 Å². The van der Waals surface area contributed by atoms with E-state index in [1.165, 1.54) is 6.07 Å². The quantitative estimate of drug-likeness (QED) is 0.788. The second-order valence-corrected chi connectivity index (χ2v) is 3.13. The molecule has 0 aliphatic heterocycles. The fourth-order valence-corrected chi connectivity index (χ4v) is 0.983. The van der Waals surface area contributed by atoms with Crippen LogP contribution in [0.1, 0.15) is 18.5 Å². The maximum Gasteiger partial charge on any atom is 0.389 e. The van der Waals surface area contributed by atoms with Crippen LogP contribution in [0.5, 0.6) is 5.88 Å². The van der Waals surface area contributed by atoms with Gasteiger partial charge >= 0.3 is 6.18 Å². The van der Waals surface area contributed by atoms with Gasteiger partial charge in [-0.2, -0.15) is 18.3 Å². The summed E-state index contributed by atoms with van der Waals surface area (Å²) in [6, 6.07) is 3.15. The van der Waals surface area contributed by atoms with Crippen LogP contribution in [-0.4, -0.2) is 23.0 Å². The van der Waals surface area contributed by atoms with E-state index in [0.29, 0.717) is 5.69 Å². The van der Waals surface area contributed by atoms with Crippen LogP contribution in [-0.2, 0) is 6.54 Å². The van der Waals surface area contributed by atoms with Crippen LogP contribution in [0.3, 0.4) is 0 Å². The van der Waals surface area contributed by atoms with Crippen LogP contribution >= 0.6 is 0 Å². The van der Waals surface area contributed by atoms with Crippen molar-refractivity contribution in [1.82, 2.24) is 10.2 Å². The molecule has 1 heterocycles. The van der Waals surface area contributed by atoms with E-state index in [0.717, 1.165) is 0 Å². The first-order valence-corrected chi connectivity index (χ1v) is 4.73. The van der Waals surface area contributed by atoms with Crippen LogP contribution in [0.2, 0.25) is 0 Å². The Morgan fingerprint density at radius 3 is 2.50 bits per heavy atom. The first-order valence-electron chi connectivity index (χ1n) is 4.73. The average Bonchev–Trinajstić information content (AvgIpc) is 2.24. The van der Waals surface area contributed by atoms with E-state index in [2.05, 4.69) is 10.2 Å². The van der Waals surface area contributed by atoms with Gasteiger partial charge in [0.1, 0.15) is 0 Å². The number of nitrogens with zero attached hydrogens (tertiary/aromatic N) is 2. The molecule has 0 radical (unpaired) electrons. The molecule has 0 spiro atoms. The molecular formula is C9H12F3N3O. The van der Waals surface area contributed by atoms with Gasteiger partial charge in [0.05, 0.1) is 12.3 Å². The number of nitrogens with two attached hydrogens (primary N) is 1. The van der Waals surface area contributed by atoms with E-state index in [1.54, 1.807) is 6.07 Å². The molecule has 0 saturated heterocycles. The van der Waals surface area contributed by atoms with Gasteiger partial charge < -0.3 is 10.5 Å². The van der Waals surface area contributed by atoms with Gasteiger partial charge in [-0.25, -0.2) is 0 Å². The standard InChI is InChI=1S/C9H12F3N3O/c10-9(11,12)4-1-5-16-8-3-2-7(6-13)14-15-8/h2-3H,1,4-6,13H2. The maximum atomic E-state index is 11.8. The Kier molecular flexibility index (Phi) is 4.48. The fourth-order valence-electron chi connectivity index (χ4n) is 0.983. The normalized spacial score (nSPS) is 11.5. The molecule has 1 aromatic rings. The van der Waals surface area contributed by atoms with Crippen LogP contribution in [0, 0.1) is 0 Å². The highest BCUT2D eigenvalue weighted by molar-refractivity contribution is 5.11. The molecule has 0 unspecified atom stereocenters. The van der Waals surface area contributed by atoms with Crippen molar-refractivity contribution >= 4 is 0 Å². The topological polar surface area (TPSA) is 61.0 Å². The Balaban J connectivity index is 2.27. The van der Waals surface area contributed by atoms with Crippen LogP contribution in [0.4, 0.5) is 13.2 Å². The smallest absolute Gasteiger partial charge is 0.389 e. The van der Waals surface area contributed by atoms with Gasteiger partial charge in [0.25, 0.3) is 0 Å². The lowest BCUT2D eigenvalue weighted by Gasteiger charge is -2.07. The molecule has 0 aliphatic carbocycles. The number of rotatable bonds is 5. The lowest BCUT2D eigenvalue weighted by atomic mass is 10.3. The third-order valence-corrected chi connectivity index (χ3v) is 1.76. The van der Waals surface area contributed by atoms with Gasteiger partial charge in [-0.15, -0.1) is 5.10 Å². The Bertz CT molecular complexity index is 313. The van der Waals surface area contributed by atoms with Crippen molar-refractivity contribution in [1.29, 1.82) is 0 Å². The molecule has 0 bridgehead atoms. The third kappa shape index (κ3) is 4.92. The summed E-state index contributed by atoms with van der Waals surface area (Å²) in [6.45, 7) is 0.234. The van der Waals surface area contributed by atoms with E-state index in [-0.39, 0.29) is 25.5 Å². The van der Waals surface area contributed by atoms with Gasteiger partial charge in [-0.05, 0) is 12.5 Å². The van der Waals surface area contributed by atoms with Crippen LogP contribution in [0.15, 0.2) is 12.1 Å². The molecular weight excluding hydrogens is 223 g/mol. The van der Waals surface area contributed by atoms with Gasteiger partial charge in [-0.1, -0.05) is 0 Å². The number of hydrogen-bond acceptors (Lipinski definition) is 4. The van der Waals surface area contributed by atoms with Gasteiger partial charge in [0.15, 0.2) is 0 Å². The molecule has 90 valence electrons. The molecule has 1 aromatic heterocycles. The van der Waals surface area contributed by atoms with E-state index in [9.17, 15) is 13.2 Å². The largest absolute Gasteiger partial charge is 0.477 e. The molecule has 0 saturated carbocycles. The summed E-state index contributed by atoms with van der Waals surface area (Å²) >= 11 is 0. The molecule has 16 heavy (non-hydrogen) atoms. The first kappa shape index (κ1) is 12.7. The minimum absolute atomic E-state index is 0.0316. The van der Waals surface area contributed by atoms with E-state index < -0.39 is 12.6 Å². The van der Waals surface area contributed by atoms with Crippen molar-refractivity contribution in [3.05, 3.63) is 17.8 Å². The van der Waals surface area contributed by atoms with Crippen molar-refractivity contribution in [2.75, 3.05) is 6.61 Å². The lowest BCUT2D eigenvalue weighted by Crippen LogP contribution is -2.10. The van der Waals surface area contributed by atoms with E-state index in [1.807, 2.05) is 0 Å². The minimum atomic E-state index is -4.14. The fraction of sp³-hybridized carbons (Fsp3) is 0.556. The maximum absolute atomic E-state index is 11.8. The predicted octanol–water partition coefficient (Wildman–Crippen LogP) is 1.66. The Morgan fingerprint density at radius 1 is 1.25 bits per heavy atom. The van der Waals surface area contributed by atoms with Crippen molar-refractivity contribution in [3.63, 3.8) is 0 Å².